The summed E-state index contributed by atoms with van der Waals surface area (Å²) in [6.45, 7) is 15.8. The number of carbonyl (C=O) groups excluding carboxylic acids is 1. The van der Waals surface area contributed by atoms with Gasteiger partial charge in [0, 0.05) is 11.4 Å². The largest absolute Gasteiger partial charge is 0.462 e. The van der Waals surface area contributed by atoms with E-state index in [1.807, 2.05) is 19.1 Å². The minimum Gasteiger partial charge on any atom is -0.462 e. The molecule has 29 heavy (non-hydrogen) atoms. The molecule has 0 unspecified atom stereocenters. The first kappa shape index (κ1) is 21.2. The van der Waals surface area contributed by atoms with Crippen molar-refractivity contribution < 1.29 is 9.53 Å². The van der Waals surface area contributed by atoms with Gasteiger partial charge >= 0.3 is 5.97 Å². The van der Waals surface area contributed by atoms with Gasteiger partial charge in [0.05, 0.1) is 12.2 Å². The Kier molecular flexibility index (Phi) is 5.62. The Balaban J connectivity index is 1.94. The molecule has 0 aromatic heterocycles. The van der Waals surface area contributed by atoms with Crippen LogP contribution in [0, 0.1) is 12.3 Å². The summed E-state index contributed by atoms with van der Waals surface area (Å²) < 4.78 is 5.06. The smallest absolute Gasteiger partial charge is 0.338 e. The fourth-order valence-electron chi connectivity index (χ4n) is 3.97. The summed E-state index contributed by atoms with van der Waals surface area (Å²) in [6.07, 6.45) is 3.46. The van der Waals surface area contributed by atoms with E-state index in [1.54, 1.807) is 12.1 Å². The van der Waals surface area contributed by atoms with Crippen LogP contribution in [-0.2, 0) is 10.2 Å². The lowest BCUT2D eigenvalue weighted by Crippen LogP contribution is -2.25. The van der Waals surface area contributed by atoms with Gasteiger partial charge in [0.15, 0.2) is 0 Å². The molecule has 0 spiro atoms. The number of nitrogens with one attached hydrogen (secondary N) is 1. The zero-order valence-electron chi connectivity index (χ0n) is 18.8. The first-order valence-electron chi connectivity index (χ1n) is 10.4. The molecule has 0 heterocycles. The van der Waals surface area contributed by atoms with E-state index in [1.165, 1.54) is 22.3 Å². The normalized spacial score (nSPS) is 15.3. The number of aryl methyl sites for hydroxylation is 1. The Hall–Kier alpha value is -2.55. The van der Waals surface area contributed by atoms with Gasteiger partial charge in [-0.25, -0.2) is 4.79 Å². The Bertz CT molecular complexity index is 944. The van der Waals surface area contributed by atoms with Crippen molar-refractivity contribution in [3.63, 3.8) is 0 Å². The third kappa shape index (κ3) is 4.39. The van der Waals surface area contributed by atoms with E-state index in [4.69, 9.17) is 4.74 Å². The van der Waals surface area contributed by atoms with E-state index in [2.05, 4.69) is 65.1 Å². The van der Waals surface area contributed by atoms with Gasteiger partial charge in [0.1, 0.15) is 0 Å². The maximum Gasteiger partial charge on any atom is 0.338 e. The number of hydrogen-bond donors (Lipinski definition) is 1. The highest BCUT2D eigenvalue weighted by atomic mass is 16.5. The molecule has 0 fully saturated rings. The van der Waals surface area contributed by atoms with Crippen LogP contribution in [0.3, 0.4) is 0 Å². The summed E-state index contributed by atoms with van der Waals surface area (Å²) in [4.78, 5) is 11.9. The summed E-state index contributed by atoms with van der Waals surface area (Å²) in [6, 6.07) is 12.1. The Labute approximate surface area is 175 Å². The van der Waals surface area contributed by atoms with E-state index in [9.17, 15) is 4.79 Å². The highest BCUT2D eigenvalue weighted by Gasteiger charge is 2.32. The van der Waals surface area contributed by atoms with Crippen LogP contribution in [0.25, 0.3) is 5.57 Å². The summed E-state index contributed by atoms with van der Waals surface area (Å²) in [5.41, 5.74) is 8.26. The molecule has 0 amide bonds. The lowest BCUT2D eigenvalue weighted by atomic mass is 9.68. The molecule has 0 radical (unpaired) electrons. The molecule has 0 saturated carbocycles. The van der Waals surface area contributed by atoms with Gasteiger partial charge in [-0.05, 0) is 89.8 Å². The van der Waals surface area contributed by atoms with Gasteiger partial charge in [-0.1, -0.05) is 40.7 Å². The lowest BCUT2D eigenvalue weighted by Gasteiger charge is -2.37. The van der Waals surface area contributed by atoms with Crippen LogP contribution in [0.1, 0.15) is 75.0 Å². The number of ether oxygens (including phenoxy) is 1. The van der Waals surface area contributed by atoms with Crippen LogP contribution in [0.2, 0.25) is 0 Å². The fourth-order valence-corrected chi connectivity index (χ4v) is 3.97. The second-order valence-corrected chi connectivity index (χ2v) is 9.59. The average molecular weight is 392 g/mol. The molecule has 1 N–H and O–H groups in total. The Morgan fingerprint density at radius 3 is 2.38 bits per heavy atom. The SMILES string of the molecule is CCOC(=O)c1ccc(Nc2cc3c(cc2C)C(C(C)(C)C)=CCC3(C)C)cc1. The second kappa shape index (κ2) is 7.70. The zero-order chi connectivity index (χ0) is 21.4. The van der Waals surface area contributed by atoms with E-state index in [0.717, 1.165) is 17.8 Å². The van der Waals surface area contributed by atoms with Crippen molar-refractivity contribution >= 4 is 22.9 Å². The van der Waals surface area contributed by atoms with E-state index in [-0.39, 0.29) is 16.8 Å². The molecule has 154 valence electrons. The van der Waals surface area contributed by atoms with Crippen molar-refractivity contribution in [2.24, 2.45) is 5.41 Å². The quantitative estimate of drug-likeness (QED) is 0.569. The van der Waals surface area contributed by atoms with Crippen LogP contribution in [0.5, 0.6) is 0 Å². The molecule has 2 aromatic rings. The first-order valence-corrected chi connectivity index (χ1v) is 10.4. The van der Waals surface area contributed by atoms with Crippen LogP contribution in [-0.4, -0.2) is 12.6 Å². The number of anilines is 2. The highest BCUT2D eigenvalue weighted by Crippen LogP contribution is 2.47. The fraction of sp³-hybridized carbons (Fsp3) is 0.423. The second-order valence-electron chi connectivity index (χ2n) is 9.59. The van der Waals surface area contributed by atoms with Crippen LogP contribution < -0.4 is 5.32 Å². The number of benzene rings is 2. The van der Waals surface area contributed by atoms with Crippen molar-refractivity contribution in [3.05, 3.63) is 64.7 Å². The summed E-state index contributed by atoms with van der Waals surface area (Å²) in [5.74, 6) is -0.285. The van der Waals surface area contributed by atoms with Gasteiger partial charge in [-0.3, -0.25) is 0 Å². The summed E-state index contributed by atoms with van der Waals surface area (Å²) >= 11 is 0. The Morgan fingerprint density at radius 1 is 1.14 bits per heavy atom. The van der Waals surface area contributed by atoms with Crippen LogP contribution >= 0.6 is 0 Å². The van der Waals surface area contributed by atoms with E-state index < -0.39 is 0 Å². The zero-order valence-corrected chi connectivity index (χ0v) is 18.8. The first-order chi connectivity index (χ1) is 13.5. The van der Waals surface area contributed by atoms with E-state index in [0.29, 0.717) is 12.2 Å². The number of rotatable bonds is 4. The molecule has 1 aliphatic carbocycles. The summed E-state index contributed by atoms with van der Waals surface area (Å²) in [5, 5.41) is 3.54. The molecule has 0 bridgehead atoms. The third-order valence-electron chi connectivity index (χ3n) is 5.68. The molecule has 0 atom stereocenters. The molecule has 2 aromatic carbocycles. The van der Waals surface area contributed by atoms with Crippen molar-refractivity contribution in [1.82, 2.24) is 0 Å². The van der Waals surface area contributed by atoms with E-state index >= 15 is 0 Å². The van der Waals surface area contributed by atoms with Gasteiger partial charge in [-0.15, -0.1) is 0 Å². The minimum atomic E-state index is -0.285. The molecular weight excluding hydrogens is 358 g/mol. The summed E-state index contributed by atoms with van der Waals surface area (Å²) in [7, 11) is 0. The van der Waals surface area contributed by atoms with Crippen molar-refractivity contribution in [3.8, 4) is 0 Å². The van der Waals surface area contributed by atoms with Crippen molar-refractivity contribution in [2.75, 3.05) is 11.9 Å². The molecule has 3 rings (SSSR count). The topological polar surface area (TPSA) is 38.3 Å². The molecule has 3 heteroatoms. The molecule has 0 saturated heterocycles. The number of allylic oxidation sites excluding steroid dienone is 2. The lowest BCUT2D eigenvalue weighted by molar-refractivity contribution is 0.0526. The predicted octanol–water partition coefficient (Wildman–Crippen LogP) is 7.03. The van der Waals surface area contributed by atoms with Crippen LogP contribution in [0.15, 0.2) is 42.5 Å². The molecule has 1 aliphatic rings. The monoisotopic (exact) mass is 391 g/mol. The standard InChI is InChI=1S/C26H33NO2/c1-8-29-24(28)18-9-11-19(12-10-18)27-23-16-22-20(15-17(23)2)21(25(3,4)5)13-14-26(22,6)7/h9-13,15-16,27H,8,14H2,1-7H3. The predicted molar refractivity (Wildman–Crippen MR) is 122 cm³/mol. The van der Waals surface area contributed by atoms with Crippen LogP contribution in [0.4, 0.5) is 11.4 Å². The number of fused-ring (bicyclic) bond motifs is 1. The van der Waals surface area contributed by atoms with Crippen molar-refractivity contribution in [2.45, 2.75) is 60.3 Å². The maximum atomic E-state index is 11.9. The molecular formula is C26H33NO2. The third-order valence-corrected chi connectivity index (χ3v) is 5.68. The maximum absolute atomic E-state index is 11.9. The number of carbonyl (C=O) groups is 1. The number of hydrogen-bond acceptors (Lipinski definition) is 3. The Morgan fingerprint density at radius 2 is 1.79 bits per heavy atom. The van der Waals surface area contributed by atoms with Crippen molar-refractivity contribution in [1.29, 1.82) is 0 Å². The van der Waals surface area contributed by atoms with Gasteiger partial charge in [0.2, 0.25) is 0 Å². The van der Waals surface area contributed by atoms with Gasteiger partial charge in [0.25, 0.3) is 0 Å². The van der Waals surface area contributed by atoms with Gasteiger partial charge < -0.3 is 10.1 Å². The molecule has 3 nitrogen and oxygen atoms in total. The average Bonchev–Trinajstić information content (AvgIpc) is 2.62. The minimum absolute atomic E-state index is 0.0992. The number of esters is 1. The van der Waals surface area contributed by atoms with Gasteiger partial charge in [-0.2, -0.15) is 0 Å². The highest BCUT2D eigenvalue weighted by molar-refractivity contribution is 5.90. The molecule has 0 aliphatic heterocycles.